The van der Waals surface area contributed by atoms with E-state index in [1.165, 1.54) is 11.1 Å². The maximum Gasteiger partial charge on any atom is 0.291 e. The van der Waals surface area contributed by atoms with Gasteiger partial charge in [-0.05, 0) is 61.4 Å². The summed E-state index contributed by atoms with van der Waals surface area (Å²) in [5, 5.41) is 7.40. The molecule has 4 rings (SSSR count). The number of aromatic nitrogens is 1. The minimum atomic E-state index is -0.266. The number of benzene rings is 1. The van der Waals surface area contributed by atoms with Crippen LogP contribution in [0.3, 0.4) is 0 Å². The van der Waals surface area contributed by atoms with Gasteiger partial charge in [0, 0.05) is 20.6 Å². The minimum Gasteiger partial charge on any atom is -0.459 e. The van der Waals surface area contributed by atoms with Crippen LogP contribution in [0.5, 0.6) is 0 Å². The van der Waals surface area contributed by atoms with E-state index in [2.05, 4.69) is 56.7 Å². The summed E-state index contributed by atoms with van der Waals surface area (Å²) in [7, 11) is 0. The zero-order valence-corrected chi connectivity index (χ0v) is 19.6. The Kier molecular flexibility index (Phi) is 6.53. The molecular formula is C24H22BrN3O2S. The number of aryl methyl sites for hydroxylation is 2. The topological polar surface area (TPSA) is 67.2 Å². The molecule has 7 heteroatoms. The number of halogens is 1. The maximum atomic E-state index is 12.7. The van der Waals surface area contributed by atoms with Crippen molar-refractivity contribution >= 4 is 44.0 Å². The number of rotatable bonds is 7. The molecule has 0 spiro atoms. The zero-order chi connectivity index (χ0) is 21.8. The fraction of sp³-hybridized carbons (Fsp3) is 0.167. The molecule has 0 aliphatic carbocycles. The molecule has 0 aliphatic rings. The van der Waals surface area contributed by atoms with Gasteiger partial charge in [-0.15, -0.1) is 11.3 Å². The fourth-order valence-electron chi connectivity index (χ4n) is 3.32. The number of furan rings is 1. The largest absolute Gasteiger partial charge is 0.459 e. The molecule has 158 valence electrons. The number of thiophene rings is 1. The summed E-state index contributed by atoms with van der Waals surface area (Å²) in [5.74, 6) is 0.791. The third-order valence-corrected chi connectivity index (χ3v) is 6.51. The number of carbonyl (C=O) groups excluding carboxylic acids is 1. The second-order valence-electron chi connectivity index (χ2n) is 7.08. The summed E-state index contributed by atoms with van der Waals surface area (Å²) in [6, 6.07) is 19.4. The van der Waals surface area contributed by atoms with Crippen molar-refractivity contribution in [2.45, 2.75) is 26.3 Å². The lowest BCUT2D eigenvalue weighted by molar-refractivity contribution is 0.0997. The molecule has 0 aliphatic heterocycles. The van der Waals surface area contributed by atoms with Crippen LogP contribution >= 0.6 is 27.3 Å². The molecule has 0 fully saturated rings. The molecule has 0 unspecified atom stereocenters. The van der Waals surface area contributed by atoms with Crippen LogP contribution in [0.15, 0.2) is 75.8 Å². The summed E-state index contributed by atoms with van der Waals surface area (Å²) in [6.07, 6.45) is 2.37. The second-order valence-corrected chi connectivity index (χ2v) is 9.13. The molecule has 3 aromatic heterocycles. The molecule has 0 bridgehead atoms. The van der Waals surface area contributed by atoms with Crippen LogP contribution in [0, 0.1) is 6.92 Å². The molecule has 0 saturated carbocycles. The lowest BCUT2D eigenvalue weighted by atomic mass is 9.99. The fourth-order valence-corrected chi connectivity index (χ4v) is 4.76. The van der Waals surface area contributed by atoms with Crippen molar-refractivity contribution in [3.05, 3.63) is 98.9 Å². The normalized spacial score (nSPS) is 11.8. The van der Waals surface area contributed by atoms with Crippen molar-refractivity contribution < 1.29 is 9.21 Å². The first kappa shape index (κ1) is 21.3. The Labute approximate surface area is 193 Å². The van der Waals surface area contributed by atoms with E-state index in [1.807, 2.05) is 37.3 Å². The highest BCUT2D eigenvalue weighted by Gasteiger charge is 2.23. The van der Waals surface area contributed by atoms with E-state index in [4.69, 9.17) is 4.42 Å². The summed E-state index contributed by atoms with van der Waals surface area (Å²) < 4.78 is 6.26. The number of amides is 1. The van der Waals surface area contributed by atoms with Gasteiger partial charge >= 0.3 is 0 Å². The van der Waals surface area contributed by atoms with E-state index in [9.17, 15) is 4.79 Å². The van der Waals surface area contributed by atoms with Crippen molar-refractivity contribution in [1.29, 1.82) is 0 Å². The molecule has 4 aromatic rings. The molecule has 3 heterocycles. The Bertz CT molecular complexity index is 1190. The van der Waals surface area contributed by atoms with Crippen molar-refractivity contribution in [2.75, 3.05) is 10.6 Å². The average Bonchev–Trinajstić information content (AvgIpc) is 3.42. The summed E-state index contributed by atoms with van der Waals surface area (Å²) in [6.45, 7) is 4.07. The first-order valence-electron chi connectivity index (χ1n) is 9.96. The van der Waals surface area contributed by atoms with Gasteiger partial charge in [-0.1, -0.05) is 41.1 Å². The zero-order valence-electron chi connectivity index (χ0n) is 17.2. The second kappa shape index (κ2) is 9.49. The van der Waals surface area contributed by atoms with Crippen LogP contribution < -0.4 is 10.6 Å². The highest BCUT2D eigenvalue weighted by atomic mass is 79.9. The van der Waals surface area contributed by atoms with Crippen LogP contribution in [-0.4, -0.2) is 10.9 Å². The minimum absolute atomic E-state index is 0.199. The van der Waals surface area contributed by atoms with Crippen LogP contribution in [0.4, 0.5) is 10.8 Å². The van der Waals surface area contributed by atoms with Gasteiger partial charge in [0.1, 0.15) is 10.8 Å². The van der Waals surface area contributed by atoms with Gasteiger partial charge in [0.2, 0.25) is 0 Å². The van der Waals surface area contributed by atoms with E-state index in [-0.39, 0.29) is 17.7 Å². The number of nitrogens with one attached hydrogen (secondary N) is 2. The predicted molar refractivity (Wildman–Crippen MR) is 129 cm³/mol. The molecule has 2 N–H and O–H groups in total. The van der Waals surface area contributed by atoms with Gasteiger partial charge in [-0.3, -0.25) is 4.79 Å². The Morgan fingerprint density at radius 3 is 2.71 bits per heavy atom. The lowest BCUT2D eigenvalue weighted by Crippen LogP contribution is -2.17. The van der Waals surface area contributed by atoms with E-state index < -0.39 is 0 Å². The highest BCUT2D eigenvalue weighted by Crippen LogP contribution is 2.38. The van der Waals surface area contributed by atoms with E-state index in [1.54, 1.807) is 23.5 Å². The highest BCUT2D eigenvalue weighted by molar-refractivity contribution is 9.10. The third-order valence-electron chi connectivity index (χ3n) is 4.81. The van der Waals surface area contributed by atoms with Crippen molar-refractivity contribution in [1.82, 2.24) is 4.98 Å². The van der Waals surface area contributed by atoms with Crippen LogP contribution in [0.25, 0.3) is 0 Å². The molecule has 0 radical (unpaired) electrons. The van der Waals surface area contributed by atoms with Crippen molar-refractivity contribution in [3.63, 3.8) is 0 Å². The van der Waals surface area contributed by atoms with Crippen LogP contribution in [0.2, 0.25) is 0 Å². The number of pyridine rings is 1. The Morgan fingerprint density at radius 1 is 1.16 bits per heavy atom. The Morgan fingerprint density at radius 2 is 2.00 bits per heavy atom. The molecular weight excluding hydrogens is 474 g/mol. The third kappa shape index (κ3) is 5.06. The summed E-state index contributed by atoms with van der Waals surface area (Å²) >= 11 is 5.16. The summed E-state index contributed by atoms with van der Waals surface area (Å²) in [4.78, 5) is 18.5. The molecule has 1 amide bonds. The first-order valence-corrected chi connectivity index (χ1v) is 11.6. The maximum absolute atomic E-state index is 12.7. The van der Waals surface area contributed by atoms with Crippen LogP contribution in [-0.2, 0) is 6.42 Å². The monoisotopic (exact) mass is 495 g/mol. The lowest BCUT2D eigenvalue weighted by Gasteiger charge is -2.21. The molecule has 1 atom stereocenters. The predicted octanol–water partition coefficient (Wildman–Crippen LogP) is 6.82. The molecule has 1 aromatic carbocycles. The SMILES string of the molecule is CCc1cc([C@H](Nc2cccc(C)n2)c2cccc(Br)c2)c(NC(=O)c2ccco2)s1. The van der Waals surface area contributed by atoms with E-state index >= 15 is 0 Å². The van der Waals surface area contributed by atoms with Crippen LogP contribution in [0.1, 0.15) is 45.2 Å². The van der Waals surface area contributed by atoms with Gasteiger partial charge in [-0.25, -0.2) is 4.98 Å². The Hall–Kier alpha value is -2.90. The standard InChI is InChI=1S/C24H22BrN3O2S/c1-3-18-14-19(24(31-18)28-23(29)20-10-6-12-30-20)22(16-8-5-9-17(25)13-16)27-21-11-4-7-15(2)26-21/h4-14,22H,3H2,1-2H3,(H,26,27)(H,28,29)/t22-/m1/s1. The molecule has 0 saturated heterocycles. The van der Waals surface area contributed by atoms with Gasteiger partial charge in [-0.2, -0.15) is 0 Å². The van der Waals surface area contributed by atoms with Crippen molar-refractivity contribution in [2.24, 2.45) is 0 Å². The first-order chi connectivity index (χ1) is 15.0. The van der Waals surface area contributed by atoms with Gasteiger partial charge < -0.3 is 15.1 Å². The number of nitrogens with zero attached hydrogens (tertiary/aromatic N) is 1. The smallest absolute Gasteiger partial charge is 0.291 e. The van der Waals surface area contributed by atoms with Gasteiger partial charge in [0.25, 0.3) is 5.91 Å². The van der Waals surface area contributed by atoms with E-state index in [0.29, 0.717) is 0 Å². The van der Waals surface area contributed by atoms with E-state index in [0.717, 1.165) is 38.5 Å². The van der Waals surface area contributed by atoms with Gasteiger partial charge in [0.05, 0.1) is 12.3 Å². The summed E-state index contributed by atoms with van der Waals surface area (Å²) in [5.41, 5.74) is 2.98. The quantitative estimate of drug-likeness (QED) is 0.295. The number of carbonyl (C=O) groups is 1. The average molecular weight is 496 g/mol. The Balaban J connectivity index is 1.76. The number of hydrogen-bond donors (Lipinski definition) is 2. The number of anilines is 2. The van der Waals surface area contributed by atoms with Crippen molar-refractivity contribution in [3.8, 4) is 0 Å². The molecule has 31 heavy (non-hydrogen) atoms. The number of hydrogen-bond acceptors (Lipinski definition) is 5. The van der Waals surface area contributed by atoms with Gasteiger partial charge in [0.15, 0.2) is 5.76 Å². The molecule has 5 nitrogen and oxygen atoms in total.